The lowest BCUT2D eigenvalue weighted by Gasteiger charge is -2.15. The summed E-state index contributed by atoms with van der Waals surface area (Å²) in [5.41, 5.74) is 4.92. The molecule has 4 nitrogen and oxygen atoms in total. The van der Waals surface area contributed by atoms with Gasteiger partial charge in [0.05, 0.1) is 7.11 Å². The Kier molecular flexibility index (Phi) is 5.04. The van der Waals surface area contributed by atoms with Gasteiger partial charge in [-0.15, -0.1) is 0 Å². The van der Waals surface area contributed by atoms with Crippen LogP contribution in [0.1, 0.15) is 34.6 Å². The Bertz CT molecular complexity index is 727. The summed E-state index contributed by atoms with van der Waals surface area (Å²) in [5.74, 6) is 1.27. The van der Waals surface area contributed by atoms with Gasteiger partial charge in [0.2, 0.25) is 0 Å². The largest absolute Gasteiger partial charge is 0.496 e. The lowest BCUT2D eigenvalue weighted by atomic mass is 10.0. The zero-order valence-corrected chi connectivity index (χ0v) is 14.3. The van der Waals surface area contributed by atoms with Crippen LogP contribution in [0.2, 0.25) is 0 Å². The molecule has 0 saturated carbocycles. The van der Waals surface area contributed by atoms with Gasteiger partial charge in [-0.1, -0.05) is 36.4 Å². The standard InChI is InChI=1S/C20H24N2O2/c1-14-16(7-5-9-19(14)24-2)12-21-20(23)22-13-17-11-10-15-6-3-4-8-18(15)17/h3-9,17H,10-13H2,1-2H3,(H2,21,22,23). The Labute approximate surface area is 143 Å². The fraction of sp³-hybridized carbons (Fsp3) is 0.350. The predicted molar refractivity (Wildman–Crippen MR) is 95.5 cm³/mol. The molecule has 2 aromatic carbocycles. The Morgan fingerprint density at radius 3 is 2.83 bits per heavy atom. The SMILES string of the molecule is COc1cccc(CNC(=O)NCC2CCc3ccccc32)c1C. The molecule has 2 N–H and O–H groups in total. The number of carbonyl (C=O) groups excluding carboxylic acids is 1. The number of carbonyl (C=O) groups is 1. The molecule has 0 fully saturated rings. The third-order valence-corrected chi connectivity index (χ3v) is 4.82. The maximum Gasteiger partial charge on any atom is 0.315 e. The molecule has 0 heterocycles. The highest BCUT2D eigenvalue weighted by Crippen LogP contribution is 2.32. The first-order valence-electron chi connectivity index (χ1n) is 8.41. The van der Waals surface area contributed by atoms with Crippen molar-refractivity contribution in [2.75, 3.05) is 13.7 Å². The summed E-state index contributed by atoms with van der Waals surface area (Å²) in [6, 6.07) is 14.3. The van der Waals surface area contributed by atoms with Gasteiger partial charge in [0, 0.05) is 19.0 Å². The van der Waals surface area contributed by atoms with E-state index < -0.39 is 0 Å². The number of ether oxygens (including phenoxy) is 1. The maximum atomic E-state index is 12.1. The fourth-order valence-electron chi connectivity index (χ4n) is 3.38. The molecular weight excluding hydrogens is 300 g/mol. The third kappa shape index (κ3) is 3.53. The van der Waals surface area contributed by atoms with E-state index in [0.29, 0.717) is 19.0 Å². The van der Waals surface area contributed by atoms with E-state index >= 15 is 0 Å². The number of benzene rings is 2. The van der Waals surface area contributed by atoms with Crippen LogP contribution in [0, 0.1) is 6.92 Å². The summed E-state index contributed by atoms with van der Waals surface area (Å²) in [7, 11) is 1.66. The third-order valence-electron chi connectivity index (χ3n) is 4.82. The van der Waals surface area contributed by atoms with Crippen LogP contribution in [0.4, 0.5) is 4.79 Å². The highest BCUT2D eigenvalue weighted by molar-refractivity contribution is 5.74. The minimum absolute atomic E-state index is 0.124. The normalized spacial score (nSPS) is 15.7. The number of hydrogen-bond acceptors (Lipinski definition) is 2. The van der Waals surface area contributed by atoms with Gasteiger partial charge >= 0.3 is 6.03 Å². The average Bonchev–Trinajstić information content (AvgIpc) is 3.02. The van der Waals surface area contributed by atoms with Crippen molar-refractivity contribution in [1.29, 1.82) is 0 Å². The molecule has 2 amide bonds. The van der Waals surface area contributed by atoms with E-state index in [1.165, 1.54) is 11.1 Å². The second-order valence-corrected chi connectivity index (χ2v) is 6.24. The summed E-state index contributed by atoms with van der Waals surface area (Å²) in [6.45, 7) is 3.18. The van der Waals surface area contributed by atoms with Crippen molar-refractivity contribution >= 4 is 6.03 Å². The van der Waals surface area contributed by atoms with Gasteiger partial charge in [0.1, 0.15) is 5.75 Å². The topological polar surface area (TPSA) is 50.4 Å². The molecule has 1 atom stereocenters. The summed E-state index contributed by atoms with van der Waals surface area (Å²) in [5, 5.41) is 5.94. The molecule has 0 aliphatic heterocycles. The molecule has 4 heteroatoms. The Morgan fingerprint density at radius 2 is 2.00 bits per heavy atom. The van der Waals surface area contributed by atoms with Crippen molar-refractivity contribution in [3.63, 3.8) is 0 Å². The van der Waals surface area contributed by atoms with Crippen LogP contribution in [0.3, 0.4) is 0 Å². The van der Waals surface area contributed by atoms with Crippen LogP contribution in [0.5, 0.6) is 5.75 Å². The fourth-order valence-corrected chi connectivity index (χ4v) is 3.38. The number of urea groups is 1. The molecule has 126 valence electrons. The number of hydrogen-bond donors (Lipinski definition) is 2. The van der Waals surface area contributed by atoms with E-state index in [2.05, 4.69) is 34.9 Å². The van der Waals surface area contributed by atoms with Crippen LogP contribution in [-0.4, -0.2) is 19.7 Å². The van der Waals surface area contributed by atoms with Crippen molar-refractivity contribution in [3.8, 4) is 5.75 Å². The quantitative estimate of drug-likeness (QED) is 0.884. The van der Waals surface area contributed by atoms with Crippen molar-refractivity contribution in [2.45, 2.75) is 32.2 Å². The van der Waals surface area contributed by atoms with Crippen LogP contribution in [-0.2, 0) is 13.0 Å². The number of nitrogens with one attached hydrogen (secondary N) is 2. The van der Waals surface area contributed by atoms with Crippen molar-refractivity contribution in [3.05, 3.63) is 64.7 Å². The van der Waals surface area contributed by atoms with Gasteiger partial charge in [-0.05, 0) is 48.1 Å². The van der Waals surface area contributed by atoms with E-state index in [-0.39, 0.29) is 6.03 Å². The molecule has 1 aliphatic carbocycles. The van der Waals surface area contributed by atoms with Gasteiger partial charge in [0.15, 0.2) is 0 Å². The molecule has 0 spiro atoms. The molecular formula is C20H24N2O2. The average molecular weight is 324 g/mol. The van der Waals surface area contributed by atoms with Crippen LogP contribution in [0.25, 0.3) is 0 Å². The second-order valence-electron chi connectivity index (χ2n) is 6.24. The number of methoxy groups -OCH3 is 1. The van der Waals surface area contributed by atoms with Gasteiger partial charge in [-0.2, -0.15) is 0 Å². The van der Waals surface area contributed by atoms with E-state index in [4.69, 9.17) is 4.74 Å². The van der Waals surface area contributed by atoms with Crippen molar-refractivity contribution in [1.82, 2.24) is 10.6 Å². The van der Waals surface area contributed by atoms with E-state index in [9.17, 15) is 4.79 Å². The Balaban J connectivity index is 1.51. The molecule has 0 aromatic heterocycles. The molecule has 1 aliphatic rings. The number of aryl methyl sites for hydroxylation is 1. The molecule has 1 unspecified atom stereocenters. The van der Waals surface area contributed by atoms with Gasteiger partial charge in [-0.3, -0.25) is 0 Å². The summed E-state index contributed by atoms with van der Waals surface area (Å²) >= 11 is 0. The Morgan fingerprint density at radius 1 is 1.17 bits per heavy atom. The van der Waals surface area contributed by atoms with Crippen LogP contribution in [0.15, 0.2) is 42.5 Å². The summed E-state index contributed by atoms with van der Waals surface area (Å²) in [4.78, 5) is 12.1. The van der Waals surface area contributed by atoms with Gasteiger partial charge in [0.25, 0.3) is 0 Å². The molecule has 2 aromatic rings. The molecule has 0 bridgehead atoms. The van der Waals surface area contributed by atoms with Gasteiger partial charge in [-0.25, -0.2) is 4.79 Å². The zero-order valence-electron chi connectivity index (χ0n) is 14.3. The molecule has 0 radical (unpaired) electrons. The minimum atomic E-state index is -0.124. The second kappa shape index (κ2) is 7.39. The highest BCUT2D eigenvalue weighted by atomic mass is 16.5. The first-order valence-corrected chi connectivity index (χ1v) is 8.41. The highest BCUT2D eigenvalue weighted by Gasteiger charge is 2.22. The molecule has 3 rings (SSSR count). The molecule has 0 saturated heterocycles. The zero-order chi connectivity index (χ0) is 16.9. The van der Waals surface area contributed by atoms with E-state index in [1.54, 1.807) is 7.11 Å². The van der Waals surface area contributed by atoms with E-state index in [1.807, 2.05) is 25.1 Å². The lowest BCUT2D eigenvalue weighted by Crippen LogP contribution is -2.37. The smallest absolute Gasteiger partial charge is 0.315 e. The predicted octanol–water partition coefficient (Wildman–Crippen LogP) is 3.53. The number of rotatable bonds is 5. The first-order chi connectivity index (χ1) is 11.7. The van der Waals surface area contributed by atoms with Gasteiger partial charge < -0.3 is 15.4 Å². The number of fused-ring (bicyclic) bond motifs is 1. The Hall–Kier alpha value is -2.49. The number of amides is 2. The summed E-state index contributed by atoms with van der Waals surface area (Å²) < 4.78 is 5.31. The summed E-state index contributed by atoms with van der Waals surface area (Å²) in [6.07, 6.45) is 2.21. The maximum absolute atomic E-state index is 12.1. The van der Waals surface area contributed by atoms with Crippen molar-refractivity contribution < 1.29 is 9.53 Å². The van der Waals surface area contributed by atoms with Crippen LogP contribution >= 0.6 is 0 Å². The van der Waals surface area contributed by atoms with E-state index in [0.717, 1.165) is 29.7 Å². The van der Waals surface area contributed by atoms with Crippen LogP contribution < -0.4 is 15.4 Å². The minimum Gasteiger partial charge on any atom is -0.496 e. The lowest BCUT2D eigenvalue weighted by molar-refractivity contribution is 0.239. The molecule has 24 heavy (non-hydrogen) atoms. The first kappa shape index (κ1) is 16.4. The van der Waals surface area contributed by atoms with Crippen molar-refractivity contribution in [2.24, 2.45) is 0 Å². The monoisotopic (exact) mass is 324 g/mol.